The van der Waals surface area contributed by atoms with E-state index < -0.39 is 5.60 Å². The van der Waals surface area contributed by atoms with Crippen molar-refractivity contribution in [2.45, 2.75) is 39.2 Å². The van der Waals surface area contributed by atoms with Crippen molar-refractivity contribution in [3.8, 4) is 0 Å². The van der Waals surface area contributed by atoms with Crippen molar-refractivity contribution in [1.29, 1.82) is 0 Å². The van der Waals surface area contributed by atoms with Gasteiger partial charge in [-0.05, 0) is 26.2 Å². The highest BCUT2D eigenvalue weighted by atomic mass is 16.3. The molecular weight excluding hydrogens is 232 g/mol. The molecule has 1 fully saturated rings. The first-order valence-corrected chi connectivity index (χ1v) is 6.45. The SMILES string of the molecule is CC1CC1C(=O)NCCC(=O)N(C)CC(C)(C)O. The predicted molar refractivity (Wildman–Crippen MR) is 68.8 cm³/mol. The summed E-state index contributed by atoms with van der Waals surface area (Å²) in [4.78, 5) is 24.7. The quantitative estimate of drug-likeness (QED) is 0.722. The van der Waals surface area contributed by atoms with E-state index in [-0.39, 0.29) is 24.2 Å². The monoisotopic (exact) mass is 256 g/mol. The minimum absolute atomic E-state index is 0.0560. The van der Waals surface area contributed by atoms with Crippen LogP contribution in [0.4, 0.5) is 0 Å². The van der Waals surface area contributed by atoms with Crippen molar-refractivity contribution in [2.24, 2.45) is 11.8 Å². The Hall–Kier alpha value is -1.10. The van der Waals surface area contributed by atoms with E-state index in [1.807, 2.05) is 6.92 Å². The zero-order chi connectivity index (χ0) is 13.9. The summed E-state index contributed by atoms with van der Waals surface area (Å²) in [6.45, 7) is 6.03. The van der Waals surface area contributed by atoms with Gasteiger partial charge in [-0.1, -0.05) is 6.92 Å². The third-order valence-electron chi connectivity index (χ3n) is 3.13. The van der Waals surface area contributed by atoms with Gasteiger partial charge < -0.3 is 15.3 Å². The van der Waals surface area contributed by atoms with Crippen LogP contribution in [-0.4, -0.2) is 47.6 Å². The molecule has 18 heavy (non-hydrogen) atoms. The first-order chi connectivity index (χ1) is 8.20. The van der Waals surface area contributed by atoms with E-state index in [1.54, 1.807) is 20.9 Å². The number of likely N-dealkylation sites (N-methyl/N-ethyl adjacent to an activating group) is 1. The first kappa shape index (κ1) is 15.0. The Labute approximate surface area is 109 Å². The highest BCUT2D eigenvalue weighted by Crippen LogP contribution is 2.37. The minimum Gasteiger partial charge on any atom is -0.389 e. The third-order valence-corrected chi connectivity index (χ3v) is 3.13. The molecule has 2 unspecified atom stereocenters. The van der Waals surface area contributed by atoms with Crippen LogP contribution >= 0.6 is 0 Å². The molecule has 0 aromatic carbocycles. The van der Waals surface area contributed by atoms with Gasteiger partial charge in [0.25, 0.3) is 0 Å². The van der Waals surface area contributed by atoms with E-state index >= 15 is 0 Å². The lowest BCUT2D eigenvalue weighted by Crippen LogP contribution is -2.41. The van der Waals surface area contributed by atoms with Gasteiger partial charge in [-0.3, -0.25) is 9.59 Å². The van der Waals surface area contributed by atoms with Gasteiger partial charge in [0.2, 0.25) is 11.8 Å². The molecule has 5 nitrogen and oxygen atoms in total. The average molecular weight is 256 g/mol. The fourth-order valence-corrected chi connectivity index (χ4v) is 1.97. The second kappa shape index (κ2) is 5.69. The number of amides is 2. The van der Waals surface area contributed by atoms with E-state index in [0.717, 1.165) is 6.42 Å². The molecule has 0 aliphatic heterocycles. The van der Waals surface area contributed by atoms with Gasteiger partial charge in [0.15, 0.2) is 0 Å². The standard InChI is InChI=1S/C13H24N2O3/c1-9-7-10(9)12(17)14-6-5-11(16)15(4)8-13(2,3)18/h9-10,18H,5-8H2,1-4H3,(H,14,17). The maximum atomic E-state index is 11.7. The van der Waals surface area contributed by atoms with Crippen molar-refractivity contribution < 1.29 is 14.7 Å². The Morgan fingerprint density at radius 2 is 2.00 bits per heavy atom. The molecule has 2 N–H and O–H groups in total. The fraction of sp³-hybridized carbons (Fsp3) is 0.846. The summed E-state index contributed by atoms with van der Waals surface area (Å²) in [6.07, 6.45) is 1.23. The number of hydrogen-bond acceptors (Lipinski definition) is 3. The lowest BCUT2D eigenvalue weighted by atomic mass is 10.1. The first-order valence-electron chi connectivity index (χ1n) is 6.45. The molecule has 1 saturated carbocycles. The van der Waals surface area contributed by atoms with Gasteiger partial charge in [0.05, 0.1) is 5.60 Å². The van der Waals surface area contributed by atoms with Crippen LogP contribution in [-0.2, 0) is 9.59 Å². The summed E-state index contributed by atoms with van der Waals surface area (Å²) in [5.41, 5.74) is -0.892. The van der Waals surface area contributed by atoms with E-state index in [9.17, 15) is 14.7 Å². The maximum absolute atomic E-state index is 11.7. The molecule has 1 aliphatic rings. The lowest BCUT2D eigenvalue weighted by molar-refractivity contribution is -0.132. The Kier molecular flexibility index (Phi) is 4.73. The van der Waals surface area contributed by atoms with Crippen LogP contribution in [0.5, 0.6) is 0 Å². The maximum Gasteiger partial charge on any atom is 0.224 e. The van der Waals surface area contributed by atoms with E-state index in [1.165, 1.54) is 4.90 Å². The van der Waals surface area contributed by atoms with Crippen LogP contribution in [0.3, 0.4) is 0 Å². The minimum atomic E-state index is -0.892. The van der Waals surface area contributed by atoms with Crippen LogP contribution in [0.1, 0.15) is 33.6 Å². The molecule has 0 saturated heterocycles. The van der Waals surface area contributed by atoms with Gasteiger partial charge in [-0.2, -0.15) is 0 Å². The molecule has 104 valence electrons. The van der Waals surface area contributed by atoms with Crippen molar-refractivity contribution in [3.63, 3.8) is 0 Å². The van der Waals surface area contributed by atoms with Crippen LogP contribution in [0.25, 0.3) is 0 Å². The molecule has 0 heterocycles. The molecule has 0 spiro atoms. The number of aliphatic hydroxyl groups is 1. The van der Waals surface area contributed by atoms with Crippen molar-refractivity contribution in [3.05, 3.63) is 0 Å². The van der Waals surface area contributed by atoms with Crippen LogP contribution < -0.4 is 5.32 Å². The largest absolute Gasteiger partial charge is 0.389 e. The van der Waals surface area contributed by atoms with Crippen molar-refractivity contribution in [1.82, 2.24) is 10.2 Å². The molecule has 0 radical (unpaired) electrons. The molecule has 0 aromatic heterocycles. The Balaban J connectivity index is 2.18. The second-order valence-electron chi connectivity index (χ2n) is 5.92. The highest BCUT2D eigenvalue weighted by Gasteiger charge is 2.38. The molecule has 2 atom stereocenters. The van der Waals surface area contributed by atoms with Gasteiger partial charge in [0, 0.05) is 32.5 Å². The molecule has 0 bridgehead atoms. The van der Waals surface area contributed by atoms with Gasteiger partial charge in [-0.15, -0.1) is 0 Å². The smallest absolute Gasteiger partial charge is 0.224 e. The topological polar surface area (TPSA) is 69.6 Å². The van der Waals surface area contributed by atoms with Gasteiger partial charge >= 0.3 is 0 Å². The third kappa shape index (κ3) is 5.04. The zero-order valence-corrected chi connectivity index (χ0v) is 11.7. The zero-order valence-electron chi connectivity index (χ0n) is 11.7. The number of nitrogens with zero attached hydrogens (tertiary/aromatic N) is 1. The number of carbonyl (C=O) groups excluding carboxylic acids is 2. The van der Waals surface area contributed by atoms with E-state index in [2.05, 4.69) is 5.32 Å². The highest BCUT2D eigenvalue weighted by molar-refractivity contribution is 5.82. The number of hydrogen-bond donors (Lipinski definition) is 2. The molecular formula is C13H24N2O3. The van der Waals surface area contributed by atoms with Gasteiger partial charge in [-0.25, -0.2) is 0 Å². The van der Waals surface area contributed by atoms with Crippen molar-refractivity contribution in [2.75, 3.05) is 20.1 Å². The van der Waals surface area contributed by atoms with E-state index in [0.29, 0.717) is 19.0 Å². The average Bonchev–Trinajstić information content (AvgIpc) is 2.92. The van der Waals surface area contributed by atoms with E-state index in [4.69, 9.17) is 0 Å². The Morgan fingerprint density at radius 1 is 1.44 bits per heavy atom. The normalized spacial score (nSPS) is 22.5. The molecule has 1 aliphatic carbocycles. The molecule has 0 aromatic rings. The van der Waals surface area contributed by atoms with Crippen LogP contribution in [0.15, 0.2) is 0 Å². The molecule has 2 amide bonds. The number of rotatable bonds is 6. The van der Waals surface area contributed by atoms with Gasteiger partial charge in [0.1, 0.15) is 0 Å². The predicted octanol–water partition coefficient (Wildman–Crippen LogP) is 0.378. The summed E-state index contributed by atoms with van der Waals surface area (Å²) >= 11 is 0. The summed E-state index contributed by atoms with van der Waals surface area (Å²) in [5, 5.41) is 12.4. The number of nitrogens with one attached hydrogen (secondary N) is 1. The van der Waals surface area contributed by atoms with Crippen molar-refractivity contribution >= 4 is 11.8 Å². The summed E-state index contributed by atoms with van der Waals surface area (Å²) in [6, 6.07) is 0. The summed E-state index contributed by atoms with van der Waals surface area (Å²) in [5.74, 6) is 0.620. The molecule has 5 heteroatoms. The fourth-order valence-electron chi connectivity index (χ4n) is 1.97. The molecule has 1 rings (SSSR count). The second-order valence-corrected chi connectivity index (χ2v) is 5.92. The van der Waals surface area contributed by atoms with Crippen LogP contribution in [0.2, 0.25) is 0 Å². The number of carbonyl (C=O) groups is 2. The van der Waals surface area contributed by atoms with Crippen LogP contribution in [0, 0.1) is 11.8 Å². The lowest BCUT2D eigenvalue weighted by Gasteiger charge is -2.25. The Morgan fingerprint density at radius 3 is 2.44 bits per heavy atom. The Bertz CT molecular complexity index is 323. The summed E-state index contributed by atoms with van der Waals surface area (Å²) < 4.78 is 0. The summed E-state index contributed by atoms with van der Waals surface area (Å²) in [7, 11) is 1.66.